The Morgan fingerprint density at radius 1 is 1.17 bits per heavy atom. The molecule has 1 aliphatic rings. The summed E-state index contributed by atoms with van der Waals surface area (Å²) in [6.45, 7) is 3.93. The molecule has 0 radical (unpaired) electrons. The minimum Gasteiger partial charge on any atom is -0.398 e. The van der Waals surface area contributed by atoms with Crippen LogP contribution < -0.4 is 5.73 Å². The standard InChI is InChI=1S/C13H20N2O2S/c1-10-6-5-7-11(2)15(10)18(16,17)13-9-4-3-8-12(13)14/h3-4,8-11H,5-7,14H2,1-2H3/t10-,11-/m1/s1. The van der Waals surface area contributed by atoms with Crippen LogP contribution in [-0.2, 0) is 10.0 Å². The highest BCUT2D eigenvalue weighted by Crippen LogP contribution is 2.31. The third-order valence-corrected chi connectivity index (χ3v) is 5.79. The van der Waals surface area contributed by atoms with Gasteiger partial charge in [-0.15, -0.1) is 0 Å². The van der Waals surface area contributed by atoms with E-state index in [4.69, 9.17) is 5.73 Å². The van der Waals surface area contributed by atoms with Gasteiger partial charge < -0.3 is 5.73 Å². The summed E-state index contributed by atoms with van der Waals surface area (Å²) in [7, 11) is -3.48. The van der Waals surface area contributed by atoms with Crippen molar-refractivity contribution in [2.75, 3.05) is 5.73 Å². The highest BCUT2D eigenvalue weighted by Gasteiger charge is 2.36. The fraction of sp³-hybridized carbons (Fsp3) is 0.538. The van der Waals surface area contributed by atoms with E-state index in [9.17, 15) is 8.42 Å². The lowest BCUT2D eigenvalue weighted by molar-refractivity contribution is 0.204. The van der Waals surface area contributed by atoms with Crippen molar-refractivity contribution in [2.45, 2.75) is 50.1 Å². The van der Waals surface area contributed by atoms with Gasteiger partial charge in [-0.3, -0.25) is 0 Å². The third-order valence-electron chi connectivity index (χ3n) is 3.59. The highest BCUT2D eigenvalue weighted by molar-refractivity contribution is 7.89. The molecular formula is C13H20N2O2S. The average Bonchev–Trinajstić information content (AvgIpc) is 2.28. The second kappa shape index (κ2) is 4.90. The van der Waals surface area contributed by atoms with Gasteiger partial charge in [0.1, 0.15) is 4.90 Å². The van der Waals surface area contributed by atoms with E-state index in [1.54, 1.807) is 28.6 Å². The molecule has 2 N–H and O–H groups in total. The van der Waals surface area contributed by atoms with Gasteiger partial charge in [-0.05, 0) is 38.8 Å². The van der Waals surface area contributed by atoms with Gasteiger partial charge in [-0.1, -0.05) is 18.6 Å². The van der Waals surface area contributed by atoms with Crippen LogP contribution >= 0.6 is 0 Å². The van der Waals surface area contributed by atoms with Gasteiger partial charge in [0, 0.05) is 12.1 Å². The predicted octanol–water partition coefficient (Wildman–Crippen LogP) is 2.22. The first kappa shape index (κ1) is 13.4. The molecule has 0 spiro atoms. The van der Waals surface area contributed by atoms with E-state index in [1.807, 2.05) is 13.8 Å². The molecule has 5 heteroatoms. The zero-order chi connectivity index (χ0) is 13.3. The van der Waals surface area contributed by atoms with Crippen LogP contribution in [0.2, 0.25) is 0 Å². The Balaban J connectivity index is 2.45. The molecule has 1 aromatic carbocycles. The summed E-state index contributed by atoms with van der Waals surface area (Å²) in [4.78, 5) is 0.227. The zero-order valence-electron chi connectivity index (χ0n) is 10.8. The summed E-state index contributed by atoms with van der Waals surface area (Å²) < 4.78 is 27.0. The van der Waals surface area contributed by atoms with Crippen LogP contribution in [0, 0.1) is 0 Å². The molecule has 0 bridgehead atoms. The molecule has 4 nitrogen and oxygen atoms in total. The lowest BCUT2D eigenvalue weighted by atomic mass is 10.0. The number of rotatable bonds is 2. The largest absolute Gasteiger partial charge is 0.398 e. The molecule has 2 atom stereocenters. The molecule has 100 valence electrons. The number of nitrogen functional groups attached to an aromatic ring is 1. The van der Waals surface area contributed by atoms with Gasteiger partial charge in [0.25, 0.3) is 0 Å². The zero-order valence-corrected chi connectivity index (χ0v) is 11.7. The number of nitrogens with two attached hydrogens (primary N) is 1. The molecule has 0 amide bonds. The van der Waals surface area contributed by atoms with Crippen molar-refractivity contribution in [1.29, 1.82) is 0 Å². The fourth-order valence-corrected chi connectivity index (χ4v) is 4.70. The number of hydrogen-bond donors (Lipinski definition) is 1. The summed E-state index contributed by atoms with van der Waals surface area (Å²) in [5.41, 5.74) is 6.12. The van der Waals surface area contributed by atoms with Crippen LogP contribution in [-0.4, -0.2) is 24.8 Å². The predicted molar refractivity (Wildman–Crippen MR) is 72.7 cm³/mol. The molecule has 1 fully saturated rings. The minimum absolute atomic E-state index is 0.0401. The van der Waals surface area contributed by atoms with E-state index in [1.165, 1.54) is 0 Å². The van der Waals surface area contributed by atoms with Crippen molar-refractivity contribution in [3.63, 3.8) is 0 Å². The average molecular weight is 268 g/mol. The van der Waals surface area contributed by atoms with Gasteiger partial charge in [0.05, 0.1) is 5.69 Å². The second-order valence-corrected chi connectivity index (χ2v) is 6.81. The quantitative estimate of drug-likeness (QED) is 0.836. The number of piperidine rings is 1. The number of anilines is 1. The molecule has 1 heterocycles. The first-order valence-corrected chi connectivity index (χ1v) is 7.76. The van der Waals surface area contributed by atoms with Gasteiger partial charge in [0.15, 0.2) is 0 Å². The van der Waals surface area contributed by atoms with Gasteiger partial charge >= 0.3 is 0 Å². The Morgan fingerprint density at radius 3 is 2.28 bits per heavy atom. The number of benzene rings is 1. The molecular weight excluding hydrogens is 248 g/mol. The van der Waals surface area contributed by atoms with Crippen LogP contribution in [0.3, 0.4) is 0 Å². The first-order valence-electron chi connectivity index (χ1n) is 6.32. The van der Waals surface area contributed by atoms with E-state index in [-0.39, 0.29) is 17.0 Å². The van der Waals surface area contributed by atoms with Crippen molar-refractivity contribution in [3.05, 3.63) is 24.3 Å². The van der Waals surface area contributed by atoms with Gasteiger partial charge in [0.2, 0.25) is 10.0 Å². The summed E-state index contributed by atoms with van der Waals surface area (Å²) in [5, 5.41) is 0. The molecule has 1 aliphatic heterocycles. The Labute approximate surface area is 109 Å². The topological polar surface area (TPSA) is 63.4 Å². The Bertz CT molecular complexity index is 518. The molecule has 1 aromatic rings. The van der Waals surface area contributed by atoms with Crippen molar-refractivity contribution in [1.82, 2.24) is 4.31 Å². The molecule has 0 saturated carbocycles. The Morgan fingerprint density at radius 2 is 1.72 bits per heavy atom. The molecule has 18 heavy (non-hydrogen) atoms. The second-order valence-electron chi connectivity index (χ2n) is 5.00. The lowest BCUT2D eigenvalue weighted by Crippen LogP contribution is -2.47. The fourth-order valence-electron chi connectivity index (χ4n) is 2.70. The maximum atomic E-state index is 12.7. The SMILES string of the molecule is C[C@@H]1CCC[C@@H](C)N1S(=O)(=O)c1ccccc1N. The molecule has 1 saturated heterocycles. The van der Waals surface area contributed by atoms with Crippen molar-refractivity contribution >= 4 is 15.7 Å². The number of hydrogen-bond acceptors (Lipinski definition) is 3. The highest BCUT2D eigenvalue weighted by atomic mass is 32.2. The molecule has 2 rings (SSSR count). The third kappa shape index (κ3) is 2.24. The minimum atomic E-state index is -3.48. The van der Waals surface area contributed by atoms with E-state index in [0.29, 0.717) is 5.69 Å². The normalized spacial score (nSPS) is 26.1. The van der Waals surface area contributed by atoms with Crippen LogP contribution in [0.5, 0.6) is 0 Å². The monoisotopic (exact) mass is 268 g/mol. The first-order chi connectivity index (χ1) is 8.44. The van der Waals surface area contributed by atoms with Crippen molar-refractivity contribution < 1.29 is 8.42 Å². The number of nitrogens with zero attached hydrogens (tertiary/aromatic N) is 1. The van der Waals surface area contributed by atoms with E-state index in [2.05, 4.69) is 0 Å². The van der Waals surface area contributed by atoms with E-state index >= 15 is 0 Å². The Hall–Kier alpha value is -1.07. The lowest BCUT2D eigenvalue weighted by Gasteiger charge is -2.37. The van der Waals surface area contributed by atoms with E-state index in [0.717, 1.165) is 19.3 Å². The number of para-hydroxylation sites is 1. The molecule has 0 unspecified atom stereocenters. The maximum absolute atomic E-state index is 12.7. The summed E-state index contributed by atoms with van der Waals surface area (Å²) in [6, 6.07) is 6.75. The molecule has 0 aromatic heterocycles. The maximum Gasteiger partial charge on any atom is 0.245 e. The molecule has 0 aliphatic carbocycles. The Kier molecular flexibility index (Phi) is 3.64. The summed E-state index contributed by atoms with van der Waals surface area (Å²) >= 11 is 0. The number of sulfonamides is 1. The van der Waals surface area contributed by atoms with Crippen LogP contribution in [0.1, 0.15) is 33.1 Å². The van der Waals surface area contributed by atoms with Crippen LogP contribution in [0.4, 0.5) is 5.69 Å². The van der Waals surface area contributed by atoms with Crippen LogP contribution in [0.15, 0.2) is 29.2 Å². The van der Waals surface area contributed by atoms with Gasteiger partial charge in [-0.2, -0.15) is 4.31 Å². The summed E-state index contributed by atoms with van der Waals surface area (Å²) in [5.74, 6) is 0. The van der Waals surface area contributed by atoms with Gasteiger partial charge in [-0.25, -0.2) is 8.42 Å². The summed E-state index contributed by atoms with van der Waals surface area (Å²) in [6.07, 6.45) is 2.91. The van der Waals surface area contributed by atoms with E-state index < -0.39 is 10.0 Å². The van der Waals surface area contributed by atoms with Crippen molar-refractivity contribution in [2.24, 2.45) is 0 Å². The van der Waals surface area contributed by atoms with Crippen molar-refractivity contribution in [3.8, 4) is 0 Å². The smallest absolute Gasteiger partial charge is 0.245 e. The van der Waals surface area contributed by atoms with Crippen LogP contribution in [0.25, 0.3) is 0 Å².